The van der Waals surface area contributed by atoms with Gasteiger partial charge in [0.15, 0.2) is 0 Å². The smallest absolute Gasteiger partial charge is 0.305 e. The van der Waals surface area contributed by atoms with E-state index in [-0.39, 0.29) is 18.4 Å². The van der Waals surface area contributed by atoms with Crippen LogP contribution in [0.1, 0.15) is 30.7 Å². The number of hydrogen-bond acceptors (Lipinski definition) is 3. The standard InChI is InChI=1S/C14H19NO3S/c1-4-15(11(3)9-14(17)18)13(16)6-5-12-10(2)7-8-19-12/h5-8,11H,4,9H2,1-3H3,(H,17,18). The van der Waals surface area contributed by atoms with Gasteiger partial charge in [-0.2, -0.15) is 0 Å². The predicted octanol–water partition coefficient (Wildman–Crippen LogP) is 2.78. The highest BCUT2D eigenvalue weighted by Crippen LogP contribution is 2.17. The van der Waals surface area contributed by atoms with Crippen LogP contribution >= 0.6 is 11.3 Å². The zero-order valence-electron chi connectivity index (χ0n) is 11.4. The number of thiophene rings is 1. The number of carbonyl (C=O) groups excluding carboxylic acids is 1. The molecule has 104 valence electrons. The van der Waals surface area contributed by atoms with Crippen molar-refractivity contribution in [1.29, 1.82) is 0 Å². The molecular formula is C14H19NO3S. The number of carbonyl (C=O) groups is 2. The normalized spacial score (nSPS) is 12.6. The molecule has 1 atom stereocenters. The highest BCUT2D eigenvalue weighted by atomic mass is 32.1. The quantitative estimate of drug-likeness (QED) is 0.816. The second kappa shape index (κ2) is 7.09. The third-order valence-corrected chi connectivity index (χ3v) is 3.89. The summed E-state index contributed by atoms with van der Waals surface area (Å²) in [4.78, 5) is 25.4. The van der Waals surface area contributed by atoms with Gasteiger partial charge in [0.05, 0.1) is 6.42 Å². The molecule has 0 radical (unpaired) electrons. The molecule has 1 amide bonds. The Morgan fingerprint density at radius 1 is 1.53 bits per heavy atom. The van der Waals surface area contributed by atoms with Gasteiger partial charge in [0.2, 0.25) is 5.91 Å². The molecule has 1 N–H and O–H groups in total. The van der Waals surface area contributed by atoms with Crippen LogP contribution in [0.3, 0.4) is 0 Å². The van der Waals surface area contributed by atoms with Crippen LogP contribution in [0.2, 0.25) is 0 Å². The molecule has 19 heavy (non-hydrogen) atoms. The van der Waals surface area contributed by atoms with Crippen LogP contribution in [-0.4, -0.2) is 34.5 Å². The molecule has 1 aromatic heterocycles. The van der Waals surface area contributed by atoms with Gasteiger partial charge in [0.25, 0.3) is 0 Å². The first-order valence-electron chi connectivity index (χ1n) is 6.20. The number of aliphatic carboxylic acids is 1. The Morgan fingerprint density at radius 2 is 2.21 bits per heavy atom. The van der Waals surface area contributed by atoms with Crippen molar-refractivity contribution in [3.05, 3.63) is 28.0 Å². The number of amides is 1. The lowest BCUT2D eigenvalue weighted by Gasteiger charge is -2.25. The Kier molecular flexibility index (Phi) is 5.76. The topological polar surface area (TPSA) is 57.6 Å². The van der Waals surface area contributed by atoms with Crippen LogP contribution in [0.4, 0.5) is 0 Å². The third-order valence-electron chi connectivity index (χ3n) is 2.90. The van der Waals surface area contributed by atoms with E-state index in [2.05, 4.69) is 0 Å². The molecule has 0 fully saturated rings. The summed E-state index contributed by atoms with van der Waals surface area (Å²) in [6.07, 6.45) is 3.27. The van der Waals surface area contributed by atoms with Gasteiger partial charge in [0.1, 0.15) is 0 Å². The average molecular weight is 281 g/mol. The summed E-state index contributed by atoms with van der Waals surface area (Å²) >= 11 is 1.58. The molecule has 0 saturated heterocycles. The Morgan fingerprint density at radius 3 is 2.68 bits per heavy atom. The van der Waals surface area contributed by atoms with Crippen molar-refractivity contribution in [2.45, 2.75) is 33.2 Å². The molecule has 5 heteroatoms. The van der Waals surface area contributed by atoms with Gasteiger partial charge in [0, 0.05) is 23.5 Å². The second-order valence-electron chi connectivity index (χ2n) is 4.37. The molecular weight excluding hydrogens is 262 g/mol. The molecule has 1 rings (SSSR count). The fourth-order valence-corrected chi connectivity index (χ4v) is 2.66. The van der Waals surface area contributed by atoms with Gasteiger partial charge in [-0.05, 0) is 43.9 Å². The van der Waals surface area contributed by atoms with Crippen LogP contribution in [0, 0.1) is 6.92 Å². The van der Waals surface area contributed by atoms with E-state index in [1.807, 2.05) is 25.3 Å². The lowest BCUT2D eigenvalue weighted by atomic mass is 10.2. The highest BCUT2D eigenvalue weighted by molar-refractivity contribution is 7.11. The highest BCUT2D eigenvalue weighted by Gasteiger charge is 2.18. The van der Waals surface area contributed by atoms with E-state index >= 15 is 0 Å². The van der Waals surface area contributed by atoms with E-state index in [9.17, 15) is 9.59 Å². The number of carboxylic acids is 1. The predicted molar refractivity (Wildman–Crippen MR) is 77.2 cm³/mol. The molecule has 0 saturated carbocycles. The number of aryl methyl sites for hydroxylation is 1. The minimum absolute atomic E-state index is 0.0363. The molecule has 0 aliphatic heterocycles. The van der Waals surface area contributed by atoms with Crippen molar-refractivity contribution < 1.29 is 14.7 Å². The largest absolute Gasteiger partial charge is 0.481 e. The van der Waals surface area contributed by atoms with Gasteiger partial charge in [-0.15, -0.1) is 11.3 Å². The van der Waals surface area contributed by atoms with Crippen LogP contribution in [0.25, 0.3) is 6.08 Å². The van der Waals surface area contributed by atoms with Crippen LogP contribution in [-0.2, 0) is 9.59 Å². The first kappa shape index (κ1) is 15.4. The zero-order valence-corrected chi connectivity index (χ0v) is 12.2. The maximum atomic E-state index is 12.1. The Hall–Kier alpha value is -1.62. The van der Waals surface area contributed by atoms with Crippen molar-refractivity contribution in [1.82, 2.24) is 4.90 Å². The average Bonchev–Trinajstić information content (AvgIpc) is 2.72. The number of hydrogen-bond donors (Lipinski definition) is 1. The molecule has 1 unspecified atom stereocenters. The Bertz CT molecular complexity index is 479. The molecule has 0 aromatic carbocycles. The molecule has 1 aromatic rings. The van der Waals surface area contributed by atoms with Gasteiger partial charge < -0.3 is 10.0 Å². The van der Waals surface area contributed by atoms with E-state index in [1.54, 1.807) is 29.2 Å². The van der Waals surface area contributed by atoms with E-state index in [4.69, 9.17) is 5.11 Å². The summed E-state index contributed by atoms with van der Waals surface area (Å²) in [7, 11) is 0. The summed E-state index contributed by atoms with van der Waals surface area (Å²) in [5.74, 6) is -1.04. The molecule has 0 aliphatic rings. The maximum absolute atomic E-state index is 12.1. The van der Waals surface area contributed by atoms with Crippen molar-refractivity contribution in [3.8, 4) is 0 Å². The molecule has 0 aliphatic carbocycles. The van der Waals surface area contributed by atoms with Gasteiger partial charge in [-0.25, -0.2) is 0 Å². The van der Waals surface area contributed by atoms with Gasteiger partial charge >= 0.3 is 5.97 Å². The summed E-state index contributed by atoms with van der Waals surface area (Å²) in [5, 5.41) is 10.7. The first-order chi connectivity index (χ1) is 8.95. The number of rotatable bonds is 6. The third kappa shape index (κ3) is 4.52. The van der Waals surface area contributed by atoms with Crippen LogP contribution in [0.15, 0.2) is 17.5 Å². The molecule has 4 nitrogen and oxygen atoms in total. The van der Waals surface area contributed by atoms with E-state index in [0.717, 1.165) is 10.4 Å². The lowest BCUT2D eigenvalue weighted by molar-refractivity contribution is -0.139. The second-order valence-corrected chi connectivity index (χ2v) is 5.32. The van der Waals surface area contributed by atoms with E-state index < -0.39 is 5.97 Å². The number of nitrogens with zero attached hydrogens (tertiary/aromatic N) is 1. The van der Waals surface area contributed by atoms with Crippen LogP contribution < -0.4 is 0 Å². The minimum Gasteiger partial charge on any atom is -0.481 e. The fraction of sp³-hybridized carbons (Fsp3) is 0.429. The fourth-order valence-electron chi connectivity index (χ4n) is 1.85. The van der Waals surface area contributed by atoms with Gasteiger partial charge in [-0.1, -0.05) is 0 Å². The van der Waals surface area contributed by atoms with Crippen molar-refractivity contribution in [3.63, 3.8) is 0 Å². The summed E-state index contributed by atoms with van der Waals surface area (Å²) in [6, 6.07) is 1.70. The summed E-state index contributed by atoms with van der Waals surface area (Å²) in [6.45, 7) is 6.09. The zero-order chi connectivity index (χ0) is 14.4. The number of carboxylic acid groups (broad SMARTS) is 1. The molecule has 1 heterocycles. The van der Waals surface area contributed by atoms with Crippen molar-refractivity contribution in [2.75, 3.05) is 6.54 Å². The summed E-state index contributed by atoms with van der Waals surface area (Å²) in [5.41, 5.74) is 1.13. The van der Waals surface area contributed by atoms with Crippen molar-refractivity contribution in [2.24, 2.45) is 0 Å². The molecule has 0 bridgehead atoms. The SMILES string of the molecule is CCN(C(=O)C=Cc1sccc1C)C(C)CC(=O)O. The molecule has 0 spiro atoms. The lowest BCUT2D eigenvalue weighted by Crippen LogP contribution is -2.38. The monoisotopic (exact) mass is 281 g/mol. The number of likely N-dealkylation sites (N-methyl/N-ethyl adjacent to an activating group) is 1. The summed E-state index contributed by atoms with van der Waals surface area (Å²) < 4.78 is 0. The first-order valence-corrected chi connectivity index (χ1v) is 7.08. The van der Waals surface area contributed by atoms with Crippen molar-refractivity contribution >= 4 is 29.3 Å². The van der Waals surface area contributed by atoms with Gasteiger partial charge in [-0.3, -0.25) is 9.59 Å². The maximum Gasteiger partial charge on any atom is 0.305 e. The van der Waals surface area contributed by atoms with Crippen LogP contribution in [0.5, 0.6) is 0 Å². The Labute approximate surface area is 117 Å². The van der Waals surface area contributed by atoms with E-state index in [0.29, 0.717) is 6.54 Å². The van der Waals surface area contributed by atoms with E-state index in [1.165, 1.54) is 6.08 Å². The Balaban J connectivity index is 2.71. The minimum atomic E-state index is -0.892.